The molecule has 3 rings (SSSR count). The molecule has 0 amide bonds. The van der Waals surface area contributed by atoms with Crippen molar-refractivity contribution in [2.24, 2.45) is 11.3 Å². The third-order valence-electron chi connectivity index (χ3n) is 5.52. The standard InChI is InChI=1S/C15H28N2/c1-15(7-9-16-10-8-15)12-17-11-6-13-4-2-3-5-14(13)17/h13-14,16H,2-12H2,1H3. The van der Waals surface area contributed by atoms with Crippen LogP contribution in [0.2, 0.25) is 0 Å². The average Bonchev–Trinajstić information content (AvgIpc) is 2.73. The molecule has 2 heterocycles. The summed E-state index contributed by atoms with van der Waals surface area (Å²) < 4.78 is 0. The van der Waals surface area contributed by atoms with Crippen LogP contribution < -0.4 is 5.32 Å². The summed E-state index contributed by atoms with van der Waals surface area (Å²) in [4.78, 5) is 2.86. The molecule has 2 aliphatic heterocycles. The van der Waals surface area contributed by atoms with Crippen LogP contribution in [0, 0.1) is 11.3 Å². The van der Waals surface area contributed by atoms with Crippen LogP contribution in [0.3, 0.4) is 0 Å². The highest BCUT2D eigenvalue weighted by atomic mass is 15.2. The molecule has 0 aromatic rings. The molecule has 2 nitrogen and oxygen atoms in total. The van der Waals surface area contributed by atoms with Crippen molar-refractivity contribution in [2.75, 3.05) is 26.2 Å². The number of nitrogens with zero attached hydrogens (tertiary/aromatic N) is 1. The molecule has 0 spiro atoms. The van der Waals surface area contributed by atoms with E-state index in [-0.39, 0.29) is 0 Å². The van der Waals surface area contributed by atoms with Crippen LogP contribution in [0.25, 0.3) is 0 Å². The average molecular weight is 236 g/mol. The molecule has 2 atom stereocenters. The highest BCUT2D eigenvalue weighted by Crippen LogP contribution is 2.39. The third kappa shape index (κ3) is 2.53. The first-order chi connectivity index (χ1) is 8.27. The molecule has 0 aromatic heterocycles. The molecule has 3 aliphatic rings. The van der Waals surface area contributed by atoms with E-state index < -0.39 is 0 Å². The molecule has 1 aliphatic carbocycles. The predicted octanol–water partition coefficient (Wildman–Crippen LogP) is 2.64. The van der Waals surface area contributed by atoms with Crippen LogP contribution >= 0.6 is 0 Å². The zero-order chi connectivity index (χ0) is 11.7. The number of hydrogen-bond acceptors (Lipinski definition) is 2. The molecule has 0 aromatic carbocycles. The second-order valence-electron chi connectivity index (χ2n) is 6.93. The van der Waals surface area contributed by atoms with Crippen molar-refractivity contribution < 1.29 is 0 Å². The summed E-state index contributed by atoms with van der Waals surface area (Å²) in [5, 5.41) is 3.50. The quantitative estimate of drug-likeness (QED) is 0.793. The summed E-state index contributed by atoms with van der Waals surface area (Å²) in [6, 6.07) is 0.954. The van der Waals surface area contributed by atoms with Crippen LogP contribution in [-0.4, -0.2) is 37.1 Å². The molecular formula is C15H28N2. The Labute approximate surface area is 106 Å². The third-order valence-corrected chi connectivity index (χ3v) is 5.52. The van der Waals surface area contributed by atoms with E-state index in [4.69, 9.17) is 0 Å². The maximum atomic E-state index is 3.50. The maximum Gasteiger partial charge on any atom is 0.0124 e. The lowest BCUT2D eigenvalue weighted by Gasteiger charge is -2.41. The Hall–Kier alpha value is -0.0800. The smallest absolute Gasteiger partial charge is 0.0124 e. The molecule has 1 N–H and O–H groups in total. The van der Waals surface area contributed by atoms with Crippen molar-refractivity contribution in [2.45, 2.75) is 57.9 Å². The largest absolute Gasteiger partial charge is 0.317 e. The van der Waals surface area contributed by atoms with E-state index in [1.807, 2.05) is 0 Å². The van der Waals surface area contributed by atoms with Crippen LogP contribution in [0.15, 0.2) is 0 Å². The van der Waals surface area contributed by atoms with Gasteiger partial charge in [-0.3, -0.25) is 4.90 Å². The van der Waals surface area contributed by atoms with Crippen LogP contribution in [0.4, 0.5) is 0 Å². The normalized spacial score (nSPS) is 37.9. The predicted molar refractivity (Wildman–Crippen MR) is 72.1 cm³/mol. The first-order valence-corrected chi connectivity index (χ1v) is 7.72. The van der Waals surface area contributed by atoms with Gasteiger partial charge in [-0.1, -0.05) is 19.8 Å². The highest BCUT2D eigenvalue weighted by molar-refractivity contribution is 4.93. The molecule has 98 valence electrons. The fraction of sp³-hybridized carbons (Fsp3) is 1.00. The lowest BCUT2D eigenvalue weighted by molar-refractivity contribution is 0.0966. The van der Waals surface area contributed by atoms with E-state index in [1.54, 1.807) is 0 Å². The SMILES string of the molecule is CC1(CN2CCC3CCCCC32)CCNCC1. The van der Waals surface area contributed by atoms with Crippen molar-refractivity contribution in [3.63, 3.8) is 0 Å². The fourth-order valence-electron chi connectivity index (χ4n) is 4.38. The molecule has 1 saturated carbocycles. The van der Waals surface area contributed by atoms with E-state index in [9.17, 15) is 0 Å². The van der Waals surface area contributed by atoms with Crippen LogP contribution in [0.5, 0.6) is 0 Å². The maximum absolute atomic E-state index is 3.50. The second-order valence-corrected chi connectivity index (χ2v) is 6.93. The van der Waals surface area contributed by atoms with E-state index in [0.29, 0.717) is 5.41 Å². The van der Waals surface area contributed by atoms with E-state index in [1.165, 1.54) is 71.1 Å². The van der Waals surface area contributed by atoms with Gasteiger partial charge in [-0.05, 0) is 63.1 Å². The Morgan fingerprint density at radius 1 is 1.12 bits per heavy atom. The lowest BCUT2D eigenvalue weighted by atomic mass is 9.79. The van der Waals surface area contributed by atoms with Gasteiger partial charge in [0.1, 0.15) is 0 Å². The van der Waals surface area contributed by atoms with Gasteiger partial charge in [0.2, 0.25) is 0 Å². The summed E-state index contributed by atoms with van der Waals surface area (Å²) in [7, 11) is 0. The van der Waals surface area contributed by atoms with Gasteiger partial charge in [-0.2, -0.15) is 0 Å². The monoisotopic (exact) mass is 236 g/mol. The Morgan fingerprint density at radius 3 is 2.71 bits per heavy atom. The Kier molecular flexibility index (Phi) is 3.45. The first kappa shape index (κ1) is 12.0. The molecular weight excluding hydrogens is 208 g/mol. The Balaban J connectivity index is 1.61. The highest BCUT2D eigenvalue weighted by Gasteiger charge is 2.39. The van der Waals surface area contributed by atoms with Crippen molar-refractivity contribution in [3.05, 3.63) is 0 Å². The molecule has 2 unspecified atom stereocenters. The van der Waals surface area contributed by atoms with E-state index in [0.717, 1.165) is 12.0 Å². The topological polar surface area (TPSA) is 15.3 Å². The number of hydrogen-bond donors (Lipinski definition) is 1. The van der Waals surface area contributed by atoms with E-state index >= 15 is 0 Å². The summed E-state index contributed by atoms with van der Waals surface area (Å²) in [6.07, 6.45) is 10.2. The van der Waals surface area contributed by atoms with Crippen molar-refractivity contribution in [1.29, 1.82) is 0 Å². The summed E-state index contributed by atoms with van der Waals surface area (Å²) in [5.74, 6) is 1.05. The van der Waals surface area contributed by atoms with Crippen molar-refractivity contribution in [1.82, 2.24) is 10.2 Å². The van der Waals surface area contributed by atoms with E-state index in [2.05, 4.69) is 17.1 Å². The summed E-state index contributed by atoms with van der Waals surface area (Å²) in [6.45, 7) is 7.75. The van der Waals surface area contributed by atoms with Gasteiger partial charge in [0.25, 0.3) is 0 Å². The van der Waals surface area contributed by atoms with Gasteiger partial charge in [0.15, 0.2) is 0 Å². The minimum absolute atomic E-state index is 0.595. The van der Waals surface area contributed by atoms with Gasteiger partial charge in [-0.25, -0.2) is 0 Å². The van der Waals surface area contributed by atoms with Gasteiger partial charge in [-0.15, -0.1) is 0 Å². The van der Waals surface area contributed by atoms with Gasteiger partial charge >= 0.3 is 0 Å². The van der Waals surface area contributed by atoms with Crippen LogP contribution in [0.1, 0.15) is 51.9 Å². The zero-order valence-corrected chi connectivity index (χ0v) is 11.4. The van der Waals surface area contributed by atoms with Gasteiger partial charge in [0.05, 0.1) is 0 Å². The Bertz CT molecular complexity index is 258. The number of nitrogens with one attached hydrogen (secondary N) is 1. The van der Waals surface area contributed by atoms with Gasteiger partial charge in [0, 0.05) is 12.6 Å². The Morgan fingerprint density at radius 2 is 1.88 bits per heavy atom. The number of rotatable bonds is 2. The molecule has 0 radical (unpaired) electrons. The fourth-order valence-corrected chi connectivity index (χ4v) is 4.38. The number of piperidine rings is 1. The summed E-state index contributed by atoms with van der Waals surface area (Å²) in [5.41, 5.74) is 0.595. The van der Waals surface area contributed by atoms with Gasteiger partial charge < -0.3 is 5.32 Å². The number of fused-ring (bicyclic) bond motifs is 1. The lowest BCUT2D eigenvalue weighted by Crippen LogP contribution is -2.45. The first-order valence-electron chi connectivity index (χ1n) is 7.72. The van der Waals surface area contributed by atoms with Crippen molar-refractivity contribution >= 4 is 0 Å². The minimum atomic E-state index is 0.595. The molecule has 0 bridgehead atoms. The molecule has 17 heavy (non-hydrogen) atoms. The zero-order valence-electron chi connectivity index (χ0n) is 11.4. The molecule has 2 heteroatoms. The summed E-state index contributed by atoms with van der Waals surface area (Å²) >= 11 is 0. The molecule has 3 fully saturated rings. The van der Waals surface area contributed by atoms with Crippen LogP contribution in [-0.2, 0) is 0 Å². The van der Waals surface area contributed by atoms with Crippen molar-refractivity contribution in [3.8, 4) is 0 Å². The molecule has 2 saturated heterocycles. The minimum Gasteiger partial charge on any atom is -0.317 e. The second kappa shape index (κ2) is 4.89. The number of likely N-dealkylation sites (tertiary alicyclic amines) is 1.